The number of carbonyl (C=O) groups is 1. The number of halogens is 3. The van der Waals surface area contributed by atoms with Crippen LogP contribution in [0.2, 0.25) is 0 Å². The normalized spacial score (nSPS) is 12.6. The predicted molar refractivity (Wildman–Crippen MR) is 96.8 cm³/mol. The van der Waals surface area contributed by atoms with Gasteiger partial charge in [-0.2, -0.15) is 13.2 Å². The standard InChI is InChI=1S/C18H15F3N4OS/c1-12(16(26)23-14-7-5-6-13(10-14)18(19,20)21)27-17-24-22-11-25(17)15-8-3-2-4-9-15/h2-12H,1H3,(H,23,26)/t12-/m0/s1. The van der Waals surface area contributed by atoms with Crippen molar-refractivity contribution in [3.05, 3.63) is 66.5 Å². The maximum Gasteiger partial charge on any atom is 0.416 e. The van der Waals surface area contributed by atoms with Gasteiger partial charge in [-0.05, 0) is 37.3 Å². The van der Waals surface area contributed by atoms with Crippen molar-refractivity contribution in [2.75, 3.05) is 5.32 Å². The SMILES string of the molecule is C[C@H](Sc1nncn1-c1ccccc1)C(=O)Nc1cccc(C(F)(F)F)c1. The van der Waals surface area contributed by atoms with Crippen LogP contribution in [0.4, 0.5) is 18.9 Å². The monoisotopic (exact) mass is 392 g/mol. The van der Waals surface area contributed by atoms with Gasteiger partial charge in [-0.25, -0.2) is 0 Å². The lowest BCUT2D eigenvalue weighted by Crippen LogP contribution is -2.23. The first-order valence-corrected chi connectivity index (χ1v) is 8.83. The molecular weight excluding hydrogens is 377 g/mol. The van der Waals surface area contributed by atoms with E-state index < -0.39 is 22.9 Å². The number of thioether (sulfide) groups is 1. The number of anilines is 1. The fourth-order valence-corrected chi connectivity index (χ4v) is 3.14. The number of hydrogen-bond donors (Lipinski definition) is 1. The average molecular weight is 392 g/mol. The van der Waals surface area contributed by atoms with E-state index in [-0.39, 0.29) is 5.69 Å². The second-order valence-corrected chi connectivity index (χ2v) is 6.95. The highest BCUT2D eigenvalue weighted by molar-refractivity contribution is 8.00. The van der Waals surface area contributed by atoms with Gasteiger partial charge in [0.1, 0.15) is 6.33 Å². The lowest BCUT2D eigenvalue weighted by atomic mass is 10.2. The predicted octanol–water partition coefficient (Wildman–Crippen LogP) is 4.41. The van der Waals surface area contributed by atoms with Gasteiger partial charge in [0.05, 0.1) is 10.8 Å². The maximum atomic E-state index is 12.8. The van der Waals surface area contributed by atoms with Gasteiger partial charge >= 0.3 is 6.18 Å². The molecule has 0 bridgehead atoms. The van der Waals surface area contributed by atoms with Gasteiger partial charge in [-0.15, -0.1) is 10.2 Å². The van der Waals surface area contributed by atoms with Gasteiger partial charge in [-0.1, -0.05) is 36.0 Å². The van der Waals surface area contributed by atoms with Crippen molar-refractivity contribution in [2.45, 2.75) is 23.5 Å². The van der Waals surface area contributed by atoms with E-state index in [1.807, 2.05) is 30.3 Å². The Labute approximate surface area is 157 Å². The number of rotatable bonds is 5. The Morgan fingerprint density at radius 2 is 1.89 bits per heavy atom. The summed E-state index contributed by atoms with van der Waals surface area (Å²) in [7, 11) is 0. The van der Waals surface area contributed by atoms with Crippen molar-refractivity contribution in [3.63, 3.8) is 0 Å². The third-order valence-corrected chi connectivity index (χ3v) is 4.72. The van der Waals surface area contributed by atoms with Crippen molar-refractivity contribution in [2.24, 2.45) is 0 Å². The fraction of sp³-hybridized carbons (Fsp3) is 0.167. The summed E-state index contributed by atoms with van der Waals surface area (Å²) in [6, 6.07) is 13.9. The van der Waals surface area contributed by atoms with E-state index in [2.05, 4.69) is 15.5 Å². The van der Waals surface area contributed by atoms with Crippen molar-refractivity contribution in [3.8, 4) is 5.69 Å². The van der Waals surface area contributed by atoms with Crippen molar-refractivity contribution >= 4 is 23.4 Å². The Morgan fingerprint density at radius 1 is 1.15 bits per heavy atom. The lowest BCUT2D eigenvalue weighted by molar-refractivity contribution is -0.137. The van der Waals surface area contributed by atoms with E-state index in [0.717, 1.165) is 29.6 Å². The first-order chi connectivity index (χ1) is 12.8. The molecule has 0 saturated heterocycles. The summed E-state index contributed by atoms with van der Waals surface area (Å²) in [5.41, 5.74) is 0.117. The number of hydrogen-bond acceptors (Lipinski definition) is 4. The zero-order chi connectivity index (χ0) is 19.4. The molecule has 140 valence electrons. The zero-order valence-corrected chi connectivity index (χ0v) is 15.0. The number of para-hydroxylation sites is 1. The molecule has 1 atom stereocenters. The smallest absolute Gasteiger partial charge is 0.325 e. The van der Waals surface area contributed by atoms with Crippen LogP contribution in [0.3, 0.4) is 0 Å². The molecule has 0 aliphatic rings. The van der Waals surface area contributed by atoms with E-state index >= 15 is 0 Å². The summed E-state index contributed by atoms with van der Waals surface area (Å²) in [6.07, 6.45) is -2.93. The molecule has 3 aromatic rings. The minimum absolute atomic E-state index is 0.0896. The second-order valence-electron chi connectivity index (χ2n) is 5.65. The summed E-state index contributed by atoms with van der Waals surface area (Å²) in [4.78, 5) is 12.4. The van der Waals surface area contributed by atoms with Crippen molar-refractivity contribution < 1.29 is 18.0 Å². The number of nitrogens with one attached hydrogen (secondary N) is 1. The first kappa shape index (κ1) is 19.0. The quantitative estimate of drug-likeness (QED) is 0.654. The molecule has 3 rings (SSSR count). The Morgan fingerprint density at radius 3 is 2.59 bits per heavy atom. The van der Waals surface area contributed by atoms with Gasteiger partial charge in [0, 0.05) is 11.4 Å². The number of nitrogens with zero attached hydrogens (tertiary/aromatic N) is 3. The van der Waals surface area contributed by atoms with Crippen LogP contribution < -0.4 is 5.32 Å². The largest absolute Gasteiger partial charge is 0.416 e. The van der Waals surface area contributed by atoms with Gasteiger partial charge in [0.25, 0.3) is 0 Å². The molecule has 0 unspecified atom stereocenters. The van der Waals surface area contributed by atoms with Crippen molar-refractivity contribution in [1.82, 2.24) is 14.8 Å². The molecule has 0 aliphatic heterocycles. The number of benzene rings is 2. The van der Waals surface area contributed by atoms with Gasteiger partial charge < -0.3 is 5.32 Å². The minimum Gasteiger partial charge on any atom is -0.325 e. The summed E-state index contributed by atoms with van der Waals surface area (Å²) in [6.45, 7) is 1.65. The summed E-state index contributed by atoms with van der Waals surface area (Å²) < 4.78 is 40.1. The van der Waals surface area contributed by atoms with Crippen LogP contribution in [0.15, 0.2) is 66.1 Å². The topological polar surface area (TPSA) is 59.8 Å². The number of alkyl halides is 3. The van der Waals surface area contributed by atoms with E-state index in [4.69, 9.17) is 0 Å². The van der Waals surface area contributed by atoms with E-state index in [1.54, 1.807) is 11.5 Å². The van der Waals surface area contributed by atoms with Gasteiger partial charge in [0.15, 0.2) is 5.16 Å². The van der Waals surface area contributed by atoms with Crippen LogP contribution in [-0.4, -0.2) is 25.9 Å². The number of carbonyl (C=O) groups excluding carboxylic acids is 1. The number of amides is 1. The first-order valence-electron chi connectivity index (χ1n) is 7.95. The molecule has 0 radical (unpaired) electrons. The Balaban J connectivity index is 1.70. The zero-order valence-electron chi connectivity index (χ0n) is 14.1. The molecule has 1 aromatic heterocycles. The molecule has 1 amide bonds. The van der Waals surface area contributed by atoms with Crippen molar-refractivity contribution in [1.29, 1.82) is 0 Å². The van der Waals surface area contributed by atoms with Crippen LogP contribution in [0.5, 0.6) is 0 Å². The number of aromatic nitrogens is 3. The molecule has 1 heterocycles. The highest BCUT2D eigenvalue weighted by Gasteiger charge is 2.30. The van der Waals surface area contributed by atoms with E-state index in [0.29, 0.717) is 5.16 Å². The van der Waals surface area contributed by atoms with Crippen LogP contribution in [0.25, 0.3) is 5.69 Å². The molecule has 5 nitrogen and oxygen atoms in total. The molecule has 27 heavy (non-hydrogen) atoms. The van der Waals surface area contributed by atoms with Crippen LogP contribution in [0, 0.1) is 0 Å². The van der Waals surface area contributed by atoms with E-state index in [1.165, 1.54) is 18.5 Å². The van der Waals surface area contributed by atoms with Gasteiger partial charge in [0.2, 0.25) is 5.91 Å². The molecule has 0 saturated carbocycles. The molecule has 0 fully saturated rings. The second kappa shape index (κ2) is 7.83. The third kappa shape index (κ3) is 4.68. The molecule has 2 aromatic carbocycles. The Bertz CT molecular complexity index is 928. The minimum atomic E-state index is -4.47. The fourth-order valence-electron chi connectivity index (χ4n) is 2.30. The Kier molecular flexibility index (Phi) is 5.50. The lowest BCUT2D eigenvalue weighted by Gasteiger charge is -2.13. The molecule has 0 aliphatic carbocycles. The van der Waals surface area contributed by atoms with Gasteiger partial charge in [-0.3, -0.25) is 9.36 Å². The van der Waals surface area contributed by atoms with E-state index in [9.17, 15) is 18.0 Å². The van der Waals surface area contributed by atoms with Crippen LogP contribution >= 0.6 is 11.8 Å². The highest BCUT2D eigenvalue weighted by atomic mass is 32.2. The maximum absolute atomic E-state index is 12.8. The summed E-state index contributed by atoms with van der Waals surface area (Å²) >= 11 is 1.16. The van der Waals surface area contributed by atoms with Crippen LogP contribution in [0.1, 0.15) is 12.5 Å². The molecule has 1 N–H and O–H groups in total. The molecular formula is C18H15F3N4OS. The Hall–Kier alpha value is -2.81. The molecule has 0 spiro atoms. The molecule has 9 heteroatoms. The summed E-state index contributed by atoms with van der Waals surface area (Å²) in [5.74, 6) is -0.429. The summed E-state index contributed by atoms with van der Waals surface area (Å²) in [5, 5.41) is 10.3. The third-order valence-electron chi connectivity index (χ3n) is 3.66. The average Bonchev–Trinajstić information content (AvgIpc) is 3.10. The highest BCUT2D eigenvalue weighted by Crippen LogP contribution is 2.31. The van der Waals surface area contributed by atoms with Crippen LogP contribution in [-0.2, 0) is 11.0 Å².